The molecule has 0 radical (unpaired) electrons. The molecule has 2 aromatic rings. The molecule has 0 spiro atoms. The summed E-state index contributed by atoms with van der Waals surface area (Å²) in [5, 5.41) is 5.82. The monoisotopic (exact) mass is 259 g/mol. The summed E-state index contributed by atoms with van der Waals surface area (Å²) in [4.78, 5) is 1.50. The summed E-state index contributed by atoms with van der Waals surface area (Å²) in [6.07, 6.45) is 2.19. The van der Waals surface area contributed by atoms with Gasteiger partial charge in [-0.3, -0.25) is 0 Å². The molecule has 1 aromatic heterocycles. The third-order valence-corrected chi connectivity index (χ3v) is 4.53. The molecule has 0 saturated heterocycles. The molecule has 94 valence electrons. The van der Waals surface area contributed by atoms with Gasteiger partial charge in [0.2, 0.25) is 0 Å². The third kappa shape index (κ3) is 2.28. The maximum Gasteiger partial charge on any atom is 0.119 e. The SMILES string of the molecule is COc1cccc(C[C@@H]2NCCc3ccsc32)c1. The van der Waals surface area contributed by atoms with Gasteiger partial charge in [0, 0.05) is 10.9 Å². The van der Waals surface area contributed by atoms with E-state index in [0.717, 1.165) is 25.1 Å². The molecule has 0 aliphatic carbocycles. The maximum absolute atomic E-state index is 5.28. The van der Waals surface area contributed by atoms with Gasteiger partial charge in [-0.15, -0.1) is 11.3 Å². The second-order valence-electron chi connectivity index (χ2n) is 4.62. The van der Waals surface area contributed by atoms with Crippen molar-refractivity contribution in [3.8, 4) is 5.75 Å². The average molecular weight is 259 g/mol. The predicted molar refractivity (Wildman–Crippen MR) is 75.5 cm³/mol. The molecule has 1 aromatic carbocycles. The van der Waals surface area contributed by atoms with Gasteiger partial charge >= 0.3 is 0 Å². The Hall–Kier alpha value is -1.32. The average Bonchev–Trinajstić information content (AvgIpc) is 2.88. The first-order valence-corrected chi connectivity index (χ1v) is 7.17. The predicted octanol–water partition coefficient (Wildman–Crippen LogP) is 3.19. The lowest BCUT2D eigenvalue weighted by atomic mass is 9.98. The van der Waals surface area contributed by atoms with Crippen LogP contribution in [0.25, 0.3) is 0 Å². The van der Waals surface area contributed by atoms with Gasteiger partial charge in [0.15, 0.2) is 0 Å². The summed E-state index contributed by atoms with van der Waals surface area (Å²) in [6.45, 7) is 1.08. The van der Waals surface area contributed by atoms with Gasteiger partial charge in [-0.1, -0.05) is 12.1 Å². The molecule has 1 atom stereocenters. The van der Waals surface area contributed by atoms with Crippen LogP contribution in [0.15, 0.2) is 35.7 Å². The van der Waals surface area contributed by atoms with Gasteiger partial charge < -0.3 is 10.1 Å². The van der Waals surface area contributed by atoms with E-state index in [1.165, 1.54) is 16.0 Å². The second kappa shape index (κ2) is 5.12. The van der Waals surface area contributed by atoms with E-state index in [9.17, 15) is 0 Å². The Morgan fingerprint density at radius 1 is 1.39 bits per heavy atom. The molecule has 2 heterocycles. The van der Waals surface area contributed by atoms with Crippen LogP contribution in [0.2, 0.25) is 0 Å². The minimum absolute atomic E-state index is 0.459. The number of nitrogens with one attached hydrogen (secondary N) is 1. The molecule has 0 fully saturated rings. The Bertz CT molecular complexity index is 535. The summed E-state index contributed by atoms with van der Waals surface area (Å²) in [6, 6.07) is 11.1. The molecule has 3 heteroatoms. The summed E-state index contributed by atoms with van der Waals surface area (Å²) in [5.41, 5.74) is 2.85. The quantitative estimate of drug-likeness (QED) is 0.914. The number of fused-ring (bicyclic) bond motifs is 1. The molecular formula is C15H17NOS. The number of benzene rings is 1. The van der Waals surface area contributed by atoms with Crippen LogP contribution in [0.5, 0.6) is 5.75 Å². The minimum atomic E-state index is 0.459. The van der Waals surface area contributed by atoms with E-state index in [1.54, 1.807) is 7.11 Å². The fourth-order valence-electron chi connectivity index (χ4n) is 2.53. The van der Waals surface area contributed by atoms with Gasteiger partial charge in [-0.2, -0.15) is 0 Å². The van der Waals surface area contributed by atoms with Crippen molar-refractivity contribution in [3.63, 3.8) is 0 Å². The van der Waals surface area contributed by atoms with E-state index < -0.39 is 0 Å². The molecule has 2 nitrogen and oxygen atoms in total. The summed E-state index contributed by atoms with van der Waals surface area (Å²) >= 11 is 1.87. The third-order valence-electron chi connectivity index (χ3n) is 3.46. The van der Waals surface area contributed by atoms with E-state index in [2.05, 4.69) is 35.0 Å². The van der Waals surface area contributed by atoms with Crippen LogP contribution in [-0.2, 0) is 12.8 Å². The van der Waals surface area contributed by atoms with Gasteiger partial charge in [0.25, 0.3) is 0 Å². The lowest BCUT2D eigenvalue weighted by Crippen LogP contribution is -2.29. The van der Waals surface area contributed by atoms with Crippen molar-refractivity contribution < 1.29 is 4.74 Å². The van der Waals surface area contributed by atoms with Crippen LogP contribution in [0, 0.1) is 0 Å². The second-order valence-corrected chi connectivity index (χ2v) is 5.57. The van der Waals surface area contributed by atoms with E-state index in [1.807, 2.05) is 17.4 Å². The van der Waals surface area contributed by atoms with Crippen LogP contribution in [0.1, 0.15) is 22.0 Å². The molecule has 0 bridgehead atoms. The molecule has 3 rings (SSSR count). The first-order chi connectivity index (χ1) is 8.86. The molecule has 1 N–H and O–H groups in total. The number of hydrogen-bond donors (Lipinski definition) is 1. The highest BCUT2D eigenvalue weighted by atomic mass is 32.1. The molecule has 1 aliphatic heterocycles. The molecule has 1 aliphatic rings. The Balaban J connectivity index is 1.81. The minimum Gasteiger partial charge on any atom is -0.497 e. The largest absolute Gasteiger partial charge is 0.497 e. The van der Waals surface area contributed by atoms with Gasteiger partial charge in [-0.05, 0) is 54.1 Å². The zero-order valence-electron chi connectivity index (χ0n) is 10.5. The zero-order chi connectivity index (χ0) is 12.4. The molecule has 18 heavy (non-hydrogen) atoms. The Morgan fingerprint density at radius 2 is 2.33 bits per heavy atom. The van der Waals surface area contributed by atoms with Gasteiger partial charge in [0.05, 0.1) is 7.11 Å². The van der Waals surface area contributed by atoms with Crippen LogP contribution >= 0.6 is 11.3 Å². The van der Waals surface area contributed by atoms with Crippen LogP contribution in [0.3, 0.4) is 0 Å². The molecule has 0 unspecified atom stereocenters. The highest BCUT2D eigenvalue weighted by Gasteiger charge is 2.21. The number of hydrogen-bond acceptors (Lipinski definition) is 3. The first kappa shape index (κ1) is 11.8. The highest BCUT2D eigenvalue weighted by Crippen LogP contribution is 2.31. The molecular weight excluding hydrogens is 242 g/mol. The number of ether oxygens (including phenoxy) is 1. The molecule has 0 amide bonds. The van der Waals surface area contributed by atoms with Crippen molar-refractivity contribution in [3.05, 3.63) is 51.7 Å². The Labute approximate surface area is 112 Å². The smallest absolute Gasteiger partial charge is 0.119 e. The van der Waals surface area contributed by atoms with E-state index in [0.29, 0.717) is 6.04 Å². The van der Waals surface area contributed by atoms with Gasteiger partial charge in [-0.25, -0.2) is 0 Å². The lowest BCUT2D eigenvalue weighted by Gasteiger charge is -2.24. The van der Waals surface area contributed by atoms with Crippen LogP contribution in [-0.4, -0.2) is 13.7 Å². The fraction of sp³-hybridized carbons (Fsp3) is 0.333. The van der Waals surface area contributed by atoms with Gasteiger partial charge in [0.1, 0.15) is 5.75 Å². The summed E-state index contributed by atoms with van der Waals surface area (Å²) < 4.78 is 5.28. The van der Waals surface area contributed by atoms with E-state index in [-0.39, 0.29) is 0 Å². The van der Waals surface area contributed by atoms with Crippen LogP contribution < -0.4 is 10.1 Å². The number of methoxy groups -OCH3 is 1. The van der Waals surface area contributed by atoms with Crippen molar-refractivity contribution in [1.82, 2.24) is 5.32 Å². The van der Waals surface area contributed by atoms with Crippen molar-refractivity contribution in [2.24, 2.45) is 0 Å². The van der Waals surface area contributed by atoms with Crippen molar-refractivity contribution in [2.75, 3.05) is 13.7 Å². The highest BCUT2D eigenvalue weighted by molar-refractivity contribution is 7.10. The van der Waals surface area contributed by atoms with Crippen molar-refractivity contribution >= 4 is 11.3 Å². The summed E-state index contributed by atoms with van der Waals surface area (Å²) in [5.74, 6) is 0.940. The zero-order valence-corrected chi connectivity index (χ0v) is 11.3. The topological polar surface area (TPSA) is 21.3 Å². The normalized spacial score (nSPS) is 18.4. The van der Waals surface area contributed by atoms with Crippen molar-refractivity contribution in [2.45, 2.75) is 18.9 Å². The summed E-state index contributed by atoms with van der Waals surface area (Å²) in [7, 11) is 1.72. The van der Waals surface area contributed by atoms with E-state index in [4.69, 9.17) is 4.74 Å². The Morgan fingerprint density at radius 3 is 3.22 bits per heavy atom. The first-order valence-electron chi connectivity index (χ1n) is 6.29. The number of thiophene rings is 1. The lowest BCUT2D eigenvalue weighted by molar-refractivity contribution is 0.413. The maximum atomic E-state index is 5.28. The standard InChI is InChI=1S/C15H17NOS/c1-17-13-4-2-3-11(9-13)10-14-15-12(5-7-16-14)6-8-18-15/h2-4,6,8-9,14,16H,5,7,10H2,1H3/t14-/m0/s1. The van der Waals surface area contributed by atoms with Crippen molar-refractivity contribution in [1.29, 1.82) is 0 Å². The Kier molecular flexibility index (Phi) is 3.35. The van der Waals surface area contributed by atoms with E-state index >= 15 is 0 Å². The number of rotatable bonds is 3. The molecule has 0 saturated carbocycles. The fourth-order valence-corrected chi connectivity index (χ4v) is 3.56. The van der Waals surface area contributed by atoms with Crippen LogP contribution in [0.4, 0.5) is 0 Å².